The van der Waals surface area contributed by atoms with Gasteiger partial charge in [0.1, 0.15) is 0 Å². The van der Waals surface area contributed by atoms with Crippen LogP contribution in [0, 0.1) is 17.5 Å². The fraction of sp³-hybridized carbons (Fsp3) is 0.571. The third-order valence-electron chi connectivity index (χ3n) is 2.57. The molecular weight excluding hydrogens is 255 g/mol. The van der Waals surface area contributed by atoms with E-state index in [2.05, 4.69) is 5.32 Å². The fourth-order valence-electron chi connectivity index (χ4n) is 1.61. The van der Waals surface area contributed by atoms with E-state index >= 15 is 0 Å². The molecule has 0 aliphatic heterocycles. The second kappa shape index (κ2) is 8.17. The van der Waals surface area contributed by atoms with Crippen LogP contribution in [0.25, 0.3) is 0 Å². The molecule has 0 fully saturated rings. The van der Waals surface area contributed by atoms with Gasteiger partial charge in [0.25, 0.3) is 0 Å². The highest BCUT2D eigenvalue weighted by atomic mass is 19.2. The molecule has 1 rings (SSSR count). The molecule has 1 aromatic rings. The Morgan fingerprint density at radius 2 is 1.74 bits per heavy atom. The summed E-state index contributed by atoms with van der Waals surface area (Å²) in [5.74, 6) is -3.72. The van der Waals surface area contributed by atoms with Gasteiger partial charge in [0, 0.05) is 13.2 Å². The molecule has 0 heterocycles. The van der Waals surface area contributed by atoms with Crippen molar-refractivity contribution in [2.45, 2.75) is 39.3 Å². The topological polar surface area (TPSA) is 21.3 Å². The summed E-state index contributed by atoms with van der Waals surface area (Å²) in [6, 6.07) is 2.01. The molecule has 0 saturated heterocycles. The molecule has 1 aromatic carbocycles. The van der Waals surface area contributed by atoms with Gasteiger partial charge in [0.15, 0.2) is 17.5 Å². The van der Waals surface area contributed by atoms with Gasteiger partial charge >= 0.3 is 0 Å². The van der Waals surface area contributed by atoms with Gasteiger partial charge < -0.3 is 10.1 Å². The van der Waals surface area contributed by atoms with Crippen LogP contribution in [0.4, 0.5) is 13.2 Å². The average molecular weight is 275 g/mol. The molecule has 0 atom stereocenters. The number of nitrogens with one attached hydrogen (secondary N) is 1. The largest absolute Gasteiger partial charge is 0.379 e. The fourth-order valence-corrected chi connectivity index (χ4v) is 1.61. The molecule has 0 saturated carbocycles. The molecule has 5 heteroatoms. The number of halogens is 3. The molecule has 0 aliphatic carbocycles. The molecule has 0 bridgehead atoms. The lowest BCUT2D eigenvalue weighted by Gasteiger charge is -2.08. The summed E-state index contributed by atoms with van der Waals surface area (Å²) < 4.78 is 44.0. The SMILES string of the molecule is CC(C)OCCCCNCc1cc(F)c(F)c(F)c1. The molecule has 0 amide bonds. The summed E-state index contributed by atoms with van der Waals surface area (Å²) in [6.45, 7) is 5.71. The van der Waals surface area contributed by atoms with Crippen molar-refractivity contribution < 1.29 is 17.9 Å². The van der Waals surface area contributed by atoms with Gasteiger partial charge in [-0.2, -0.15) is 0 Å². The van der Waals surface area contributed by atoms with Crippen molar-refractivity contribution in [2.75, 3.05) is 13.2 Å². The summed E-state index contributed by atoms with van der Waals surface area (Å²) in [7, 11) is 0. The van der Waals surface area contributed by atoms with Crippen LogP contribution in [0.5, 0.6) is 0 Å². The minimum absolute atomic E-state index is 0.234. The van der Waals surface area contributed by atoms with Crippen molar-refractivity contribution in [3.05, 3.63) is 35.1 Å². The summed E-state index contributed by atoms with van der Waals surface area (Å²) >= 11 is 0. The molecule has 108 valence electrons. The van der Waals surface area contributed by atoms with E-state index in [1.54, 1.807) is 0 Å². The molecule has 0 unspecified atom stereocenters. The van der Waals surface area contributed by atoms with Crippen molar-refractivity contribution in [1.29, 1.82) is 0 Å². The Morgan fingerprint density at radius 1 is 1.11 bits per heavy atom. The van der Waals surface area contributed by atoms with Gasteiger partial charge in [0.2, 0.25) is 0 Å². The maximum absolute atomic E-state index is 12.9. The van der Waals surface area contributed by atoms with Crippen molar-refractivity contribution in [3.8, 4) is 0 Å². The number of benzene rings is 1. The Balaban J connectivity index is 2.19. The Hall–Kier alpha value is -1.07. The monoisotopic (exact) mass is 275 g/mol. The lowest BCUT2D eigenvalue weighted by molar-refractivity contribution is 0.0760. The Bertz CT molecular complexity index is 373. The van der Waals surface area contributed by atoms with E-state index in [9.17, 15) is 13.2 Å². The van der Waals surface area contributed by atoms with E-state index in [0.717, 1.165) is 31.5 Å². The van der Waals surface area contributed by atoms with E-state index in [-0.39, 0.29) is 6.10 Å². The predicted molar refractivity (Wildman–Crippen MR) is 68.3 cm³/mol. The zero-order chi connectivity index (χ0) is 14.3. The summed E-state index contributed by atoms with van der Waals surface area (Å²) in [4.78, 5) is 0. The van der Waals surface area contributed by atoms with Gasteiger partial charge in [-0.15, -0.1) is 0 Å². The highest BCUT2D eigenvalue weighted by Gasteiger charge is 2.09. The Morgan fingerprint density at radius 3 is 2.32 bits per heavy atom. The maximum atomic E-state index is 12.9. The number of rotatable bonds is 8. The van der Waals surface area contributed by atoms with Crippen LogP contribution < -0.4 is 5.32 Å². The van der Waals surface area contributed by atoms with Gasteiger partial charge in [-0.3, -0.25) is 0 Å². The van der Waals surface area contributed by atoms with Crippen LogP contribution >= 0.6 is 0 Å². The van der Waals surface area contributed by atoms with Gasteiger partial charge in [-0.05, 0) is 50.9 Å². The molecule has 1 N–H and O–H groups in total. The number of ether oxygens (including phenoxy) is 1. The van der Waals surface area contributed by atoms with Gasteiger partial charge in [-0.25, -0.2) is 13.2 Å². The van der Waals surface area contributed by atoms with Crippen molar-refractivity contribution in [1.82, 2.24) is 5.32 Å². The lowest BCUT2D eigenvalue weighted by atomic mass is 10.2. The first-order chi connectivity index (χ1) is 9.00. The van der Waals surface area contributed by atoms with Crippen LogP contribution in [-0.4, -0.2) is 19.3 Å². The second-order valence-electron chi connectivity index (χ2n) is 4.68. The second-order valence-corrected chi connectivity index (χ2v) is 4.68. The van der Waals surface area contributed by atoms with Crippen molar-refractivity contribution >= 4 is 0 Å². The molecule has 0 spiro atoms. The quantitative estimate of drug-likeness (QED) is 0.580. The molecule has 0 radical (unpaired) electrons. The first kappa shape index (κ1) is 16.0. The molecule has 0 aliphatic rings. The third kappa shape index (κ3) is 6.07. The lowest BCUT2D eigenvalue weighted by Crippen LogP contribution is -2.16. The van der Waals surface area contributed by atoms with E-state index < -0.39 is 17.5 Å². The first-order valence-corrected chi connectivity index (χ1v) is 6.46. The van der Waals surface area contributed by atoms with Crippen LogP contribution in [-0.2, 0) is 11.3 Å². The summed E-state index contributed by atoms with van der Waals surface area (Å²) in [6.07, 6.45) is 2.08. The van der Waals surface area contributed by atoms with E-state index in [1.165, 1.54) is 0 Å². The van der Waals surface area contributed by atoms with Gasteiger partial charge in [-0.1, -0.05) is 0 Å². The molecule has 19 heavy (non-hydrogen) atoms. The highest BCUT2D eigenvalue weighted by molar-refractivity contribution is 5.19. The zero-order valence-electron chi connectivity index (χ0n) is 11.3. The van der Waals surface area contributed by atoms with Crippen LogP contribution in [0.15, 0.2) is 12.1 Å². The van der Waals surface area contributed by atoms with Crippen molar-refractivity contribution in [2.24, 2.45) is 0 Å². The Labute approximate surface area is 112 Å². The number of hydrogen-bond donors (Lipinski definition) is 1. The number of unbranched alkanes of at least 4 members (excludes halogenated alkanes) is 1. The molecular formula is C14H20F3NO. The highest BCUT2D eigenvalue weighted by Crippen LogP contribution is 2.13. The first-order valence-electron chi connectivity index (χ1n) is 6.46. The minimum atomic E-state index is -1.42. The average Bonchev–Trinajstić information content (AvgIpc) is 2.34. The van der Waals surface area contributed by atoms with Crippen LogP contribution in [0.3, 0.4) is 0 Å². The van der Waals surface area contributed by atoms with E-state index in [1.807, 2.05) is 13.8 Å². The third-order valence-corrected chi connectivity index (χ3v) is 2.57. The number of hydrogen-bond acceptors (Lipinski definition) is 2. The normalized spacial score (nSPS) is 11.3. The molecule has 2 nitrogen and oxygen atoms in total. The van der Waals surface area contributed by atoms with E-state index in [0.29, 0.717) is 18.7 Å². The van der Waals surface area contributed by atoms with Crippen molar-refractivity contribution in [3.63, 3.8) is 0 Å². The van der Waals surface area contributed by atoms with Gasteiger partial charge in [0.05, 0.1) is 6.10 Å². The summed E-state index contributed by atoms with van der Waals surface area (Å²) in [5.41, 5.74) is 0.398. The maximum Gasteiger partial charge on any atom is 0.194 e. The van der Waals surface area contributed by atoms with Crippen LogP contribution in [0.2, 0.25) is 0 Å². The minimum Gasteiger partial charge on any atom is -0.379 e. The summed E-state index contributed by atoms with van der Waals surface area (Å²) in [5, 5.41) is 3.05. The standard InChI is InChI=1S/C14H20F3NO/c1-10(2)19-6-4-3-5-18-9-11-7-12(15)14(17)13(16)8-11/h7-8,10,18H,3-6,9H2,1-2H3. The smallest absolute Gasteiger partial charge is 0.194 e. The molecule has 0 aromatic heterocycles. The van der Waals surface area contributed by atoms with E-state index in [4.69, 9.17) is 4.74 Å². The predicted octanol–water partition coefficient (Wildman–Crippen LogP) is 3.40. The zero-order valence-corrected chi connectivity index (χ0v) is 11.3. The Kier molecular flexibility index (Phi) is 6.87. The van der Waals surface area contributed by atoms with Crippen LogP contribution in [0.1, 0.15) is 32.3 Å².